The van der Waals surface area contributed by atoms with Crippen LogP contribution in [-0.4, -0.2) is 63.0 Å². The number of hydrogen-bond acceptors (Lipinski definition) is 7. The lowest BCUT2D eigenvalue weighted by molar-refractivity contribution is -0.138. The van der Waals surface area contributed by atoms with Crippen LogP contribution in [0.25, 0.3) is 0 Å². The Balaban J connectivity index is 5.34. The highest BCUT2D eigenvalue weighted by atomic mass is 32.2. The number of aliphatic hydroxyl groups excluding tert-OH is 1. The summed E-state index contributed by atoms with van der Waals surface area (Å²) in [7, 11) is 0. The molecule has 0 saturated carbocycles. The first-order valence-electron chi connectivity index (χ1n) is 8.78. The van der Waals surface area contributed by atoms with Crippen molar-refractivity contribution in [3.8, 4) is 0 Å². The number of aliphatic hydroxyl groups is 1. The fourth-order valence-corrected chi connectivity index (χ4v) is 2.94. The lowest BCUT2D eigenvalue weighted by atomic mass is 9.87. The summed E-state index contributed by atoms with van der Waals surface area (Å²) in [6.07, 6.45) is -0.131. The van der Waals surface area contributed by atoms with Gasteiger partial charge in [-0.25, -0.2) is 0 Å². The average molecular weight is 405 g/mol. The van der Waals surface area contributed by atoms with Crippen LogP contribution in [0.2, 0.25) is 0 Å². The van der Waals surface area contributed by atoms with Crippen molar-refractivity contribution in [2.24, 2.45) is 5.41 Å². The zero-order valence-electron chi connectivity index (χ0n) is 16.9. The van der Waals surface area contributed by atoms with Crippen LogP contribution in [0.1, 0.15) is 54.4 Å². The van der Waals surface area contributed by atoms with Gasteiger partial charge >= 0.3 is 5.97 Å². The molecule has 0 spiro atoms. The molecule has 27 heavy (non-hydrogen) atoms. The molecule has 0 aromatic rings. The molecule has 0 saturated heterocycles. The number of rotatable bonds is 10. The highest BCUT2D eigenvalue weighted by Gasteiger charge is 2.33. The Kier molecular flexibility index (Phi) is 10.2. The van der Waals surface area contributed by atoms with Gasteiger partial charge in [-0.3, -0.25) is 19.2 Å². The van der Waals surface area contributed by atoms with E-state index >= 15 is 0 Å². The number of carboxylic acid groups (broad SMARTS) is 1. The average Bonchev–Trinajstić information content (AvgIpc) is 2.51. The maximum atomic E-state index is 12.7. The fourth-order valence-electron chi connectivity index (χ4n) is 2.26. The van der Waals surface area contributed by atoms with Crippen molar-refractivity contribution >= 4 is 34.5 Å². The van der Waals surface area contributed by atoms with Crippen molar-refractivity contribution in [3.63, 3.8) is 0 Å². The second-order valence-corrected chi connectivity index (χ2v) is 9.47. The Morgan fingerprint density at radius 1 is 1.00 bits per heavy atom. The van der Waals surface area contributed by atoms with Gasteiger partial charge in [0.1, 0.15) is 6.61 Å². The normalized spacial score (nSPS) is 14.3. The number of amides is 1. The summed E-state index contributed by atoms with van der Waals surface area (Å²) >= 11 is 0.775. The van der Waals surface area contributed by atoms with Gasteiger partial charge in [0.15, 0.2) is 5.78 Å². The van der Waals surface area contributed by atoms with Crippen LogP contribution >= 0.6 is 11.8 Å². The van der Waals surface area contributed by atoms with Crippen LogP contribution in [0, 0.1) is 5.41 Å². The Bertz CT molecular complexity index is 551. The molecule has 9 heteroatoms. The standard InChI is InChI=1S/C18H32N2O6S/c1-17(2,3)15(25)12(10-27-14(24)9-21)19-16(26)11(7-8-13(22)23)20-18(4,5)6/h11-12,20-21H,7-10H2,1-6H3,(H,19,26)(H,22,23)/t11-,12-/m0/s1. The summed E-state index contributed by atoms with van der Waals surface area (Å²) in [6, 6.07) is -1.72. The van der Waals surface area contributed by atoms with Gasteiger partial charge in [-0.05, 0) is 27.2 Å². The molecule has 0 aliphatic heterocycles. The van der Waals surface area contributed by atoms with Gasteiger partial charge in [0.25, 0.3) is 0 Å². The molecular formula is C18H32N2O6S. The van der Waals surface area contributed by atoms with E-state index in [0.29, 0.717) is 0 Å². The van der Waals surface area contributed by atoms with Gasteiger partial charge in [0.05, 0.1) is 12.1 Å². The van der Waals surface area contributed by atoms with E-state index in [0.717, 1.165) is 11.8 Å². The Labute approximate surface area is 164 Å². The highest BCUT2D eigenvalue weighted by Crippen LogP contribution is 2.20. The SMILES string of the molecule is CC(C)(C)N[C@@H](CCC(=O)O)C(=O)N[C@@H](CSC(=O)CO)C(=O)C(C)(C)C. The monoisotopic (exact) mass is 404 g/mol. The first kappa shape index (κ1) is 25.6. The van der Waals surface area contributed by atoms with Crippen LogP contribution in [0.4, 0.5) is 0 Å². The molecule has 0 aromatic carbocycles. The number of ketones is 1. The molecule has 0 aliphatic carbocycles. The second kappa shape index (κ2) is 10.8. The molecule has 1 amide bonds. The summed E-state index contributed by atoms with van der Waals surface area (Å²) in [5, 5.41) is 23.0. The molecule has 0 radical (unpaired) electrons. The lowest BCUT2D eigenvalue weighted by Gasteiger charge is -2.30. The predicted octanol–water partition coefficient (Wildman–Crippen LogP) is 0.960. The molecule has 0 unspecified atom stereocenters. The van der Waals surface area contributed by atoms with Crippen LogP contribution < -0.4 is 10.6 Å². The van der Waals surface area contributed by atoms with Crippen LogP contribution in [0.5, 0.6) is 0 Å². The molecule has 0 heterocycles. The lowest BCUT2D eigenvalue weighted by Crippen LogP contribution is -2.56. The molecule has 156 valence electrons. The van der Waals surface area contributed by atoms with Crippen LogP contribution in [0.3, 0.4) is 0 Å². The van der Waals surface area contributed by atoms with Crippen molar-refractivity contribution < 1.29 is 29.4 Å². The van der Waals surface area contributed by atoms with Crippen molar-refractivity contribution in [2.45, 2.75) is 72.0 Å². The van der Waals surface area contributed by atoms with Crippen molar-refractivity contribution in [1.29, 1.82) is 0 Å². The van der Waals surface area contributed by atoms with Crippen molar-refractivity contribution in [1.82, 2.24) is 10.6 Å². The molecule has 0 fully saturated rings. The van der Waals surface area contributed by atoms with Crippen LogP contribution in [-0.2, 0) is 19.2 Å². The molecule has 0 aliphatic rings. The van der Waals surface area contributed by atoms with E-state index in [-0.39, 0.29) is 24.4 Å². The molecular weight excluding hydrogens is 372 g/mol. The zero-order valence-corrected chi connectivity index (χ0v) is 17.7. The van der Waals surface area contributed by atoms with Gasteiger partial charge < -0.3 is 20.8 Å². The van der Waals surface area contributed by atoms with E-state index in [9.17, 15) is 19.2 Å². The number of aliphatic carboxylic acids is 1. The number of Topliss-reactive ketones (excluding diaryl/α,β-unsaturated/α-hetero) is 1. The Morgan fingerprint density at radius 3 is 1.96 bits per heavy atom. The molecule has 0 bridgehead atoms. The minimum absolute atomic E-state index is 0.00239. The third-order valence-electron chi connectivity index (χ3n) is 3.48. The predicted molar refractivity (Wildman–Crippen MR) is 104 cm³/mol. The maximum Gasteiger partial charge on any atom is 0.303 e. The van der Waals surface area contributed by atoms with Gasteiger partial charge in [0.2, 0.25) is 11.0 Å². The fraction of sp³-hybridized carbons (Fsp3) is 0.778. The first-order valence-corrected chi connectivity index (χ1v) is 9.76. The van der Waals surface area contributed by atoms with Crippen LogP contribution in [0.15, 0.2) is 0 Å². The van der Waals surface area contributed by atoms with Gasteiger partial charge in [-0.1, -0.05) is 32.5 Å². The topological polar surface area (TPSA) is 133 Å². The molecule has 2 atom stereocenters. The van der Waals surface area contributed by atoms with E-state index in [1.165, 1.54) is 0 Å². The van der Waals surface area contributed by atoms with E-state index in [4.69, 9.17) is 10.2 Å². The second-order valence-electron chi connectivity index (χ2n) is 8.40. The summed E-state index contributed by atoms with van der Waals surface area (Å²) in [4.78, 5) is 47.7. The minimum Gasteiger partial charge on any atom is -0.481 e. The Morgan fingerprint density at radius 2 is 1.56 bits per heavy atom. The van der Waals surface area contributed by atoms with Crippen molar-refractivity contribution in [2.75, 3.05) is 12.4 Å². The number of carbonyl (C=O) groups is 4. The summed E-state index contributed by atoms with van der Waals surface area (Å²) in [5.74, 6) is -1.76. The number of carboxylic acids is 1. The van der Waals surface area contributed by atoms with E-state index < -0.39 is 46.6 Å². The highest BCUT2D eigenvalue weighted by molar-refractivity contribution is 8.13. The minimum atomic E-state index is -1.02. The summed E-state index contributed by atoms with van der Waals surface area (Å²) in [5.41, 5.74) is -1.18. The van der Waals surface area contributed by atoms with Gasteiger partial charge in [-0.15, -0.1) is 0 Å². The van der Waals surface area contributed by atoms with Gasteiger partial charge in [0, 0.05) is 23.1 Å². The molecule has 8 nitrogen and oxygen atoms in total. The third kappa shape index (κ3) is 11.1. The number of nitrogens with one attached hydrogen (secondary N) is 2. The van der Waals surface area contributed by atoms with E-state index in [1.807, 2.05) is 20.8 Å². The maximum absolute atomic E-state index is 12.7. The molecule has 4 N–H and O–H groups in total. The smallest absolute Gasteiger partial charge is 0.303 e. The van der Waals surface area contributed by atoms with E-state index in [1.54, 1.807) is 20.8 Å². The molecule has 0 rings (SSSR count). The number of carbonyl (C=O) groups excluding carboxylic acids is 3. The summed E-state index contributed by atoms with van der Waals surface area (Å²) < 4.78 is 0. The largest absolute Gasteiger partial charge is 0.481 e. The quantitative estimate of drug-likeness (QED) is 0.423. The van der Waals surface area contributed by atoms with Gasteiger partial charge in [-0.2, -0.15) is 0 Å². The number of hydrogen-bond donors (Lipinski definition) is 4. The van der Waals surface area contributed by atoms with E-state index in [2.05, 4.69) is 10.6 Å². The number of thioether (sulfide) groups is 1. The first-order chi connectivity index (χ1) is 12.2. The zero-order chi connectivity index (χ0) is 21.4. The summed E-state index contributed by atoms with van der Waals surface area (Å²) in [6.45, 7) is 10.0. The molecule has 0 aromatic heterocycles. The Hall–Kier alpha value is -1.45. The van der Waals surface area contributed by atoms with Crippen molar-refractivity contribution in [3.05, 3.63) is 0 Å². The third-order valence-corrected chi connectivity index (χ3v) is 4.43.